The van der Waals surface area contributed by atoms with E-state index in [4.69, 9.17) is 9.47 Å². The summed E-state index contributed by atoms with van der Waals surface area (Å²) in [6, 6.07) is 14.4. The summed E-state index contributed by atoms with van der Waals surface area (Å²) in [4.78, 5) is 6.61. The molecule has 0 spiro atoms. The number of ether oxygens (including phenoxy) is 2. The van der Waals surface area contributed by atoms with Gasteiger partial charge in [-0.3, -0.25) is 4.90 Å². The van der Waals surface area contributed by atoms with E-state index in [-0.39, 0.29) is 6.10 Å². The van der Waals surface area contributed by atoms with Crippen LogP contribution in [0.5, 0.6) is 5.75 Å². The fraction of sp³-hybridized carbons (Fsp3) is 0.389. The van der Waals surface area contributed by atoms with Gasteiger partial charge in [0, 0.05) is 32.4 Å². The Morgan fingerprint density at radius 3 is 2.91 bits per heavy atom. The summed E-state index contributed by atoms with van der Waals surface area (Å²) in [5, 5.41) is 0. The molecule has 0 aliphatic carbocycles. The minimum Gasteiger partial charge on any atom is -0.488 e. The van der Waals surface area contributed by atoms with Gasteiger partial charge in [-0.1, -0.05) is 30.3 Å². The number of rotatable bonds is 5. The Hall–Kier alpha value is -1.43. The number of hydrogen-bond donors (Lipinski definition) is 0. The summed E-state index contributed by atoms with van der Waals surface area (Å²) in [6.45, 7) is 4.22. The van der Waals surface area contributed by atoms with E-state index in [2.05, 4.69) is 56.1 Å². The average molecular weight is 377 g/mol. The van der Waals surface area contributed by atoms with Crippen molar-refractivity contribution in [1.82, 2.24) is 9.88 Å². The molecule has 1 atom stereocenters. The van der Waals surface area contributed by atoms with Crippen LogP contribution in [0, 0.1) is 0 Å². The molecule has 0 radical (unpaired) electrons. The minimum absolute atomic E-state index is 0.0771. The van der Waals surface area contributed by atoms with Crippen LogP contribution in [0.15, 0.2) is 53.3 Å². The first-order valence-electron chi connectivity index (χ1n) is 7.92. The molecule has 23 heavy (non-hydrogen) atoms. The average Bonchev–Trinajstić information content (AvgIpc) is 2.80. The maximum atomic E-state index is 5.93. The third-order valence-corrected chi connectivity index (χ3v) is 4.43. The highest BCUT2D eigenvalue weighted by Crippen LogP contribution is 2.21. The van der Waals surface area contributed by atoms with E-state index in [0.717, 1.165) is 43.0 Å². The SMILES string of the molecule is Brc1ncccc1OC[C@@H]1CN(Cc2ccccc2)CCCO1. The Morgan fingerprint density at radius 1 is 1.22 bits per heavy atom. The zero-order valence-electron chi connectivity index (χ0n) is 13.0. The van der Waals surface area contributed by atoms with Crippen molar-refractivity contribution in [2.75, 3.05) is 26.3 Å². The van der Waals surface area contributed by atoms with Crippen LogP contribution < -0.4 is 4.74 Å². The molecule has 1 aliphatic rings. The first-order valence-corrected chi connectivity index (χ1v) is 8.72. The van der Waals surface area contributed by atoms with Gasteiger partial charge in [0.1, 0.15) is 17.3 Å². The van der Waals surface area contributed by atoms with Gasteiger partial charge in [0.05, 0.1) is 0 Å². The van der Waals surface area contributed by atoms with E-state index in [1.54, 1.807) is 6.20 Å². The Kier molecular flexibility index (Phi) is 6.02. The highest BCUT2D eigenvalue weighted by Gasteiger charge is 2.20. The molecule has 0 bridgehead atoms. The monoisotopic (exact) mass is 376 g/mol. The Balaban J connectivity index is 1.56. The van der Waals surface area contributed by atoms with Crippen molar-refractivity contribution in [3.8, 4) is 5.75 Å². The summed E-state index contributed by atoms with van der Waals surface area (Å²) in [5.41, 5.74) is 1.34. The molecule has 122 valence electrons. The molecule has 4 nitrogen and oxygen atoms in total. The summed E-state index contributed by atoms with van der Waals surface area (Å²) in [5.74, 6) is 0.759. The molecule has 1 saturated heterocycles. The Morgan fingerprint density at radius 2 is 2.09 bits per heavy atom. The molecule has 2 aromatic rings. The van der Waals surface area contributed by atoms with Crippen LogP contribution in [0.4, 0.5) is 0 Å². The van der Waals surface area contributed by atoms with E-state index < -0.39 is 0 Å². The largest absolute Gasteiger partial charge is 0.488 e. The van der Waals surface area contributed by atoms with Crippen LogP contribution in [-0.2, 0) is 11.3 Å². The fourth-order valence-electron chi connectivity index (χ4n) is 2.72. The highest BCUT2D eigenvalue weighted by atomic mass is 79.9. The third-order valence-electron chi connectivity index (χ3n) is 3.83. The Bertz CT molecular complexity index is 609. The molecule has 1 aliphatic heterocycles. The standard InChI is InChI=1S/C18H21BrN2O2/c19-18-17(8-4-9-20-18)23-14-16-13-21(10-5-11-22-16)12-15-6-2-1-3-7-15/h1-4,6-9,16H,5,10-14H2/t16-/m0/s1. The molecule has 1 aromatic carbocycles. The quantitative estimate of drug-likeness (QED) is 0.747. The van der Waals surface area contributed by atoms with Crippen LogP contribution in [-0.4, -0.2) is 42.3 Å². The second-order valence-electron chi connectivity index (χ2n) is 5.67. The highest BCUT2D eigenvalue weighted by molar-refractivity contribution is 9.10. The van der Waals surface area contributed by atoms with Gasteiger partial charge >= 0.3 is 0 Å². The van der Waals surface area contributed by atoms with Gasteiger partial charge in [-0.15, -0.1) is 0 Å². The molecule has 0 saturated carbocycles. The van der Waals surface area contributed by atoms with Crippen molar-refractivity contribution >= 4 is 15.9 Å². The van der Waals surface area contributed by atoms with Crippen LogP contribution in [0.2, 0.25) is 0 Å². The van der Waals surface area contributed by atoms with Crippen molar-refractivity contribution in [3.63, 3.8) is 0 Å². The topological polar surface area (TPSA) is 34.6 Å². The lowest BCUT2D eigenvalue weighted by atomic mass is 10.2. The summed E-state index contributed by atoms with van der Waals surface area (Å²) >= 11 is 3.41. The van der Waals surface area contributed by atoms with Crippen molar-refractivity contribution in [2.45, 2.75) is 19.1 Å². The lowest BCUT2D eigenvalue weighted by Crippen LogP contribution is -2.34. The second kappa shape index (κ2) is 8.43. The lowest BCUT2D eigenvalue weighted by Gasteiger charge is -2.24. The maximum absolute atomic E-state index is 5.93. The van der Waals surface area contributed by atoms with Gasteiger partial charge in [-0.25, -0.2) is 4.98 Å². The van der Waals surface area contributed by atoms with Crippen molar-refractivity contribution < 1.29 is 9.47 Å². The number of pyridine rings is 1. The number of aromatic nitrogens is 1. The summed E-state index contributed by atoms with van der Waals surface area (Å²) < 4.78 is 12.5. The normalized spacial score (nSPS) is 19.3. The number of nitrogens with zero attached hydrogens (tertiary/aromatic N) is 2. The van der Waals surface area contributed by atoms with E-state index in [9.17, 15) is 0 Å². The molecule has 0 N–H and O–H groups in total. The van der Waals surface area contributed by atoms with Crippen molar-refractivity contribution in [2.24, 2.45) is 0 Å². The van der Waals surface area contributed by atoms with Gasteiger partial charge in [0.2, 0.25) is 0 Å². The van der Waals surface area contributed by atoms with Crippen LogP contribution in [0.25, 0.3) is 0 Å². The van der Waals surface area contributed by atoms with E-state index in [0.29, 0.717) is 6.61 Å². The summed E-state index contributed by atoms with van der Waals surface area (Å²) in [7, 11) is 0. The molecule has 3 rings (SSSR count). The molecule has 0 unspecified atom stereocenters. The van der Waals surface area contributed by atoms with Gasteiger partial charge in [0.25, 0.3) is 0 Å². The van der Waals surface area contributed by atoms with Gasteiger partial charge in [-0.05, 0) is 40.0 Å². The predicted octanol–water partition coefficient (Wildman–Crippen LogP) is 3.51. The zero-order chi connectivity index (χ0) is 15.9. The summed E-state index contributed by atoms with van der Waals surface area (Å²) in [6.07, 6.45) is 2.87. The molecular weight excluding hydrogens is 356 g/mol. The number of hydrogen-bond acceptors (Lipinski definition) is 4. The maximum Gasteiger partial charge on any atom is 0.152 e. The fourth-order valence-corrected chi connectivity index (χ4v) is 3.08. The van der Waals surface area contributed by atoms with E-state index >= 15 is 0 Å². The second-order valence-corrected chi connectivity index (χ2v) is 6.42. The smallest absolute Gasteiger partial charge is 0.152 e. The third kappa shape index (κ3) is 5.03. The van der Waals surface area contributed by atoms with Crippen molar-refractivity contribution in [3.05, 3.63) is 58.8 Å². The van der Waals surface area contributed by atoms with Crippen LogP contribution in [0.1, 0.15) is 12.0 Å². The first kappa shape index (κ1) is 16.4. The molecule has 1 aromatic heterocycles. The lowest BCUT2D eigenvalue weighted by molar-refractivity contribution is 0.0198. The molecule has 0 amide bonds. The number of benzene rings is 1. The molecule has 2 heterocycles. The van der Waals surface area contributed by atoms with Crippen molar-refractivity contribution in [1.29, 1.82) is 0 Å². The first-order chi connectivity index (χ1) is 11.3. The molecule has 5 heteroatoms. The van der Waals surface area contributed by atoms with E-state index in [1.807, 2.05) is 12.1 Å². The van der Waals surface area contributed by atoms with E-state index in [1.165, 1.54) is 5.56 Å². The van der Waals surface area contributed by atoms with Gasteiger partial charge < -0.3 is 9.47 Å². The van der Waals surface area contributed by atoms with Gasteiger partial charge in [-0.2, -0.15) is 0 Å². The predicted molar refractivity (Wildman–Crippen MR) is 93.5 cm³/mol. The molecule has 1 fully saturated rings. The van der Waals surface area contributed by atoms with Crippen LogP contribution in [0.3, 0.4) is 0 Å². The van der Waals surface area contributed by atoms with Gasteiger partial charge in [0.15, 0.2) is 5.75 Å². The Labute approximate surface area is 145 Å². The minimum atomic E-state index is 0.0771. The zero-order valence-corrected chi connectivity index (χ0v) is 14.6. The number of halogens is 1. The molecular formula is C18H21BrN2O2. The van der Waals surface area contributed by atoms with Crippen LogP contribution >= 0.6 is 15.9 Å².